The number of ether oxygens (including phenoxy) is 1. The fourth-order valence-corrected chi connectivity index (χ4v) is 5.36. The molecule has 0 amide bonds. The molecule has 7 heteroatoms. The molecule has 2 bridgehead atoms. The van der Waals surface area contributed by atoms with Crippen LogP contribution in [0.1, 0.15) is 37.9 Å². The van der Waals surface area contributed by atoms with Gasteiger partial charge in [0.1, 0.15) is 18.2 Å². The second kappa shape index (κ2) is 6.46. The molecule has 3 aliphatic carbocycles. The number of rotatable bonds is 6. The lowest BCUT2D eigenvalue weighted by atomic mass is 9.33. The summed E-state index contributed by atoms with van der Waals surface area (Å²) in [4.78, 5) is 28.7. The first kappa shape index (κ1) is 17.9. The molecule has 0 aromatic carbocycles. The zero-order valence-electron chi connectivity index (χ0n) is 16.6. The number of methoxy groups -OCH3 is 1. The van der Waals surface area contributed by atoms with Crippen molar-refractivity contribution in [1.29, 1.82) is 0 Å². The molecule has 0 atom stereocenters. The van der Waals surface area contributed by atoms with E-state index in [4.69, 9.17) is 9.72 Å². The van der Waals surface area contributed by atoms with Crippen LogP contribution in [0, 0.1) is 5.41 Å². The van der Waals surface area contributed by atoms with Gasteiger partial charge in [0.05, 0.1) is 11.7 Å². The zero-order valence-corrected chi connectivity index (χ0v) is 16.6. The first-order chi connectivity index (χ1) is 13.6. The number of Topliss-reactive ketones (excluding diaryl/α,β-unsaturated/α-hetero) is 1. The molecule has 4 aliphatic rings. The third-order valence-corrected chi connectivity index (χ3v) is 7.04. The molecule has 0 radical (unpaired) electrons. The molecule has 28 heavy (non-hydrogen) atoms. The van der Waals surface area contributed by atoms with E-state index in [0.29, 0.717) is 6.04 Å². The van der Waals surface area contributed by atoms with Gasteiger partial charge in [0.2, 0.25) is 0 Å². The van der Waals surface area contributed by atoms with Crippen molar-refractivity contribution in [3.63, 3.8) is 0 Å². The van der Waals surface area contributed by atoms with Gasteiger partial charge in [-0.2, -0.15) is 0 Å². The first-order valence-corrected chi connectivity index (χ1v) is 10.1. The molecule has 1 N–H and O–H groups in total. The molecule has 2 aromatic rings. The minimum absolute atomic E-state index is 0.0118. The highest BCUT2D eigenvalue weighted by molar-refractivity contribution is 5.90. The predicted octanol–water partition coefficient (Wildman–Crippen LogP) is 1.85. The number of ketones is 1. The van der Waals surface area contributed by atoms with E-state index in [9.17, 15) is 4.79 Å². The number of nitrogens with one attached hydrogen (secondary N) is 1. The molecule has 1 aliphatic heterocycles. The number of aromatic nitrogens is 3. The van der Waals surface area contributed by atoms with E-state index in [1.807, 2.05) is 12.4 Å². The molecule has 148 valence electrons. The van der Waals surface area contributed by atoms with E-state index in [-0.39, 0.29) is 23.2 Å². The van der Waals surface area contributed by atoms with Crippen LogP contribution in [0.5, 0.6) is 0 Å². The molecular weight excluding hydrogens is 354 g/mol. The van der Waals surface area contributed by atoms with Crippen LogP contribution in [0.2, 0.25) is 0 Å². The van der Waals surface area contributed by atoms with Gasteiger partial charge < -0.3 is 15.0 Å². The first-order valence-electron chi connectivity index (χ1n) is 10.1. The Bertz CT molecular complexity index is 904. The van der Waals surface area contributed by atoms with Crippen molar-refractivity contribution in [3.8, 4) is 0 Å². The number of pyridine rings is 1. The quantitative estimate of drug-likeness (QED) is 0.818. The van der Waals surface area contributed by atoms with E-state index < -0.39 is 0 Å². The van der Waals surface area contributed by atoms with Gasteiger partial charge in [-0.15, -0.1) is 0 Å². The second-order valence-corrected chi connectivity index (χ2v) is 8.83. The maximum atomic E-state index is 12.2. The van der Waals surface area contributed by atoms with Crippen LogP contribution < -0.4 is 10.2 Å². The number of anilines is 1. The molecule has 3 heterocycles. The van der Waals surface area contributed by atoms with E-state index in [2.05, 4.69) is 33.3 Å². The lowest BCUT2D eigenvalue weighted by Crippen LogP contribution is -2.69. The molecule has 1 saturated heterocycles. The summed E-state index contributed by atoms with van der Waals surface area (Å²) in [6.45, 7) is 2.34. The van der Waals surface area contributed by atoms with Gasteiger partial charge in [-0.25, -0.2) is 15.0 Å². The van der Waals surface area contributed by atoms with Gasteiger partial charge in [-0.3, -0.25) is 4.79 Å². The van der Waals surface area contributed by atoms with Crippen LogP contribution in [0.3, 0.4) is 0 Å². The number of nitrogens with zero attached hydrogens (tertiary/aromatic N) is 4. The summed E-state index contributed by atoms with van der Waals surface area (Å²) < 4.78 is 5.02. The van der Waals surface area contributed by atoms with Gasteiger partial charge in [0.15, 0.2) is 5.78 Å². The fourth-order valence-electron chi connectivity index (χ4n) is 5.36. The highest BCUT2D eigenvalue weighted by Crippen LogP contribution is 2.73. The van der Waals surface area contributed by atoms with Crippen molar-refractivity contribution in [3.05, 3.63) is 24.3 Å². The third-order valence-electron chi connectivity index (χ3n) is 7.04. The third kappa shape index (κ3) is 2.63. The second-order valence-electron chi connectivity index (χ2n) is 8.83. The largest absolute Gasteiger partial charge is 0.377 e. The number of carbonyl (C=O) groups excluding carboxylic acids is 1. The highest BCUT2D eigenvalue weighted by Gasteiger charge is 2.72. The SMILES string of the molecule is COCC(=O)C12CC(c3ncc4cc(N(C)C5CCNCC5)ncc4n3)(C1)C2. The van der Waals surface area contributed by atoms with Crippen LogP contribution in [0.25, 0.3) is 10.9 Å². The van der Waals surface area contributed by atoms with Gasteiger partial charge in [-0.05, 0) is 51.3 Å². The predicted molar refractivity (Wildman–Crippen MR) is 106 cm³/mol. The number of hydrogen-bond donors (Lipinski definition) is 1. The summed E-state index contributed by atoms with van der Waals surface area (Å²) in [5, 5.41) is 4.43. The van der Waals surface area contributed by atoms with Gasteiger partial charge in [0, 0.05) is 42.6 Å². The monoisotopic (exact) mass is 381 g/mol. The molecule has 0 unspecified atom stereocenters. The van der Waals surface area contributed by atoms with Crippen LogP contribution in [0.15, 0.2) is 18.5 Å². The van der Waals surface area contributed by atoms with Crippen molar-refractivity contribution < 1.29 is 9.53 Å². The fraction of sp³-hybridized carbons (Fsp3) is 0.619. The van der Waals surface area contributed by atoms with Crippen molar-refractivity contribution in [1.82, 2.24) is 20.3 Å². The molecule has 7 nitrogen and oxygen atoms in total. The minimum Gasteiger partial charge on any atom is -0.377 e. The molecular formula is C21H27N5O2. The summed E-state index contributed by atoms with van der Waals surface area (Å²) in [6, 6.07) is 2.61. The van der Waals surface area contributed by atoms with E-state index in [1.165, 1.54) is 0 Å². The maximum absolute atomic E-state index is 12.2. The summed E-state index contributed by atoms with van der Waals surface area (Å²) >= 11 is 0. The van der Waals surface area contributed by atoms with Crippen molar-refractivity contribution in [2.75, 3.05) is 38.8 Å². The lowest BCUT2D eigenvalue weighted by molar-refractivity contribution is -0.178. The van der Waals surface area contributed by atoms with Crippen LogP contribution in [0.4, 0.5) is 5.82 Å². The van der Waals surface area contributed by atoms with E-state index >= 15 is 0 Å². The minimum atomic E-state index is -0.173. The van der Waals surface area contributed by atoms with Gasteiger partial charge >= 0.3 is 0 Å². The van der Waals surface area contributed by atoms with Gasteiger partial charge in [-0.1, -0.05) is 0 Å². The van der Waals surface area contributed by atoms with Crippen molar-refractivity contribution in [2.45, 2.75) is 43.6 Å². The zero-order chi connectivity index (χ0) is 19.4. The summed E-state index contributed by atoms with van der Waals surface area (Å²) in [7, 11) is 3.70. The summed E-state index contributed by atoms with van der Waals surface area (Å²) in [5.74, 6) is 2.07. The standard InChI is InChI=1S/C21H27N5O2/c1-26(15-3-5-22-6-4-15)18-7-14-8-24-19(25-16(14)9-23-18)21-11-20(12-21,13-21)17(27)10-28-2/h7-9,15,22H,3-6,10-13H2,1-2H3. The van der Waals surface area contributed by atoms with Crippen LogP contribution in [-0.2, 0) is 14.9 Å². The average Bonchev–Trinajstić information content (AvgIpc) is 2.66. The number of hydrogen-bond acceptors (Lipinski definition) is 7. The molecule has 2 aromatic heterocycles. The molecule has 0 spiro atoms. The topological polar surface area (TPSA) is 80.2 Å². The Kier molecular flexibility index (Phi) is 4.14. The Hall–Kier alpha value is -2.12. The normalized spacial score (nSPS) is 29.2. The average molecular weight is 381 g/mol. The lowest BCUT2D eigenvalue weighted by Gasteiger charge is -2.68. The smallest absolute Gasteiger partial charge is 0.164 e. The van der Waals surface area contributed by atoms with Crippen LogP contribution >= 0.6 is 0 Å². The summed E-state index contributed by atoms with van der Waals surface area (Å²) in [5.41, 5.74) is 0.699. The molecule has 4 fully saturated rings. The van der Waals surface area contributed by atoms with Crippen LogP contribution in [-0.4, -0.2) is 60.6 Å². The number of carbonyl (C=O) groups is 1. The Labute approximate surface area is 164 Å². The Morgan fingerprint density at radius 1 is 1.25 bits per heavy atom. The molecule has 3 saturated carbocycles. The van der Waals surface area contributed by atoms with Crippen molar-refractivity contribution >= 4 is 22.5 Å². The Morgan fingerprint density at radius 2 is 2.00 bits per heavy atom. The van der Waals surface area contributed by atoms with E-state index in [0.717, 1.165) is 67.7 Å². The van der Waals surface area contributed by atoms with E-state index in [1.54, 1.807) is 7.11 Å². The molecule has 6 rings (SSSR count). The highest BCUT2D eigenvalue weighted by atomic mass is 16.5. The number of fused-ring (bicyclic) bond motifs is 1. The van der Waals surface area contributed by atoms with Gasteiger partial charge in [0.25, 0.3) is 0 Å². The Morgan fingerprint density at radius 3 is 2.71 bits per heavy atom. The number of piperidine rings is 1. The maximum Gasteiger partial charge on any atom is 0.164 e. The Balaban J connectivity index is 1.34. The summed E-state index contributed by atoms with van der Waals surface area (Å²) in [6.07, 6.45) is 8.64. The van der Waals surface area contributed by atoms with Crippen molar-refractivity contribution in [2.24, 2.45) is 5.41 Å².